The second-order valence-corrected chi connectivity index (χ2v) is 5.52. The highest BCUT2D eigenvalue weighted by Gasteiger charge is 2.43. The molecule has 0 aromatic heterocycles. The molecule has 1 unspecified atom stereocenters. The van der Waals surface area contributed by atoms with E-state index in [4.69, 9.17) is 4.74 Å². The summed E-state index contributed by atoms with van der Waals surface area (Å²) in [4.78, 5) is 0. The number of rotatable bonds is 1. The van der Waals surface area contributed by atoms with Crippen LogP contribution in [0.1, 0.15) is 55.7 Å². The number of fused-ring (bicyclic) bond motifs is 2. The van der Waals surface area contributed by atoms with Gasteiger partial charge in [0.1, 0.15) is 0 Å². The van der Waals surface area contributed by atoms with Crippen molar-refractivity contribution in [2.24, 2.45) is 0 Å². The standard InChI is InChI=1S/C15H20O/c1-11(2)13-6-5-12-4-3-7-15(8-9-16-15)14(12)10-13/h5-6,10-11H,3-4,7-9H2,1-2H3. The van der Waals surface area contributed by atoms with Crippen molar-refractivity contribution >= 4 is 0 Å². The number of hydrogen-bond donors (Lipinski definition) is 0. The van der Waals surface area contributed by atoms with Gasteiger partial charge in [-0.1, -0.05) is 32.0 Å². The first-order valence-corrected chi connectivity index (χ1v) is 6.48. The lowest BCUT2D eigenvalue weighted by atomic mass is 9.74. The molecule has 16 heavy (non-hydrogen) atoms. The molecule has 1 aromatic rings. The van der Waals surface area contributed by atoms with Gasteiger partial charge < -0.3 is 4.74 Å². The molecule has 1 heterocycles. The van der Waals surface area contributed by atoms with Crippen molar-refractivity contribution in [3.63, 3.8) is 0 Å². The number of ether oxygens (including phenoxy) is 1. The smallest absolute Gasteiger partial charge is 0.0956 e. The molecule has 1 spiro atoms. The van der Waals surface area contributed by atoms with Crippen LogP contribution in [0.2, 0.25) is 0 Å². The quantitative estimate of drug-likeness (QED) is 0.694. The molecule has 1 atom stereocenters. The molecule has 1 nitrogen and oxygen atoms in total. The normalized spacial score (nSPS) is 27.9. The summed E-state index contributed by atoms with van der Waals surface area (Å²) >= 11 is 0. The second kappa shape index (κ2) is 3.59. The van der Waals surface area contributed by atoms with E-state index >= 15 is 0 Å². The minimum absolute atomic E-state index is 0.110. The first-order chi connectivity index (χ1) is 7.71. The van der Waals surface area contributed by atoms with Gasteiger partial charge in [0.15, 0.2) is 0 Å². The molecule has 1 aromatic carbocycles. The Morgan fingerprint density at radius 1 is 1.25 bits per heavy atom. The lowest BCUT2D eigenvalue weighted by Gasteiger charge is -2.46. The Balaban J connectivity index is 2.07. The zero-order valence-corrected chi connectivity index (χ0v) is 10.3. The van der Waals surface area contributed by atoms with Gasteiger partial charge in [0.05, 0.1) is 12.2 Å². The van der Waals surface area contributed by atoms with Crippen molar-refractivity contribution in [1.82, 2.24) is 0 Å². The number of aryl methyl sites for hydroxylation is 1. The summed E-state index contributed by atoms with van der Waals surface area (Å²) in [5.41, 5.74) is 4.58. The van der Waals surface area contributed by atoms with Crippen molar-refractivity contribution in [1.29, 1.82) is 0 Å². The molecule has 0 radical (unpaired) electrons. The Bertz CT molecular complexity index is 402. The van der Waals surface area contributed by atoms with Crippen LogP contribution in [0.25, 0.3) is 0 Å². The summed E-state index contributed by atoms with van der Waals surface area (Å²) in [6.07, 6.45) is 4.97. The molecule has 0 amide bonds. The molecule has 2 aliphatic rings. The Morgan fingerprint density at radius 2 is 2.06 bits per heavy atom. The van der Waals surface area contributed by atoms with Crippen LogP contribution >= 0.6 is 0 Å². The maximum atomic E-state index is 5.92. The average molecular weight is 216 g/mol. The highest BCUT2D eigenvalue weighted by Crippen LogP contribution is 2.47. The van der Waals surface area contributed by atoms with Crippen LogP contribution in [-0.2, 0) is 16.8 Å². The van der Waals surface area contributed by atoms with Gasteiger partial charge in [0.25, 0.3) is 0 Å². The second-order valence-electron chi connectivity index (χ2n) is 5.52. The lowest BCUT2D eigenvalue weighted by molar-refractivity contribution is -0.163. The lowest BCUT2D eigenvalue weighted by Crippen LogP contribution is -2.43. The first-order valence-electron chi connectivity index (χ1n) is 6.48. The maximum Gasteiger partial charge on any atom is 0.0956 e. The third-order valence-corrected chi connectivity index (χ3v) is 4.20. The predicted octanol–water partition coefficient (Wildman–Crippen LogP) is 3.76. The van der Waals surface area contributed by atoms with Crippen LogP contribution in [0.15, 0.2) is 18.2 Å². The van der Waals surface area contributed by atoms with Gasteiger partial charge in [-0.3, -0.25) is 0 Å². The van der Waals surface area contributed by atoms with Crippen LogP contribution in [0.3, 0.4) is 0 Å². The van der Waals surface area contributed by atoms with E-state index in [1.807, 2.05) is 0 Å². The van der Waals surface area contributed by atoms with Crippen LogP contribution in [0, 0.1) is 0 Å². The minimum atomic E-state index is 0.110. The number of hydrogen-bond acceptors (Lipinski definition) is 1. The fourth-order valence-electron chi connectivity index (χ4n) is 3.05. The topological polar surface area (TPSA) is 9.23 Å². The minimum Gasteiger partial charge on any atom is -0.370 e. The Labute approximate surface area is 97.8 Å². The van der Waals surface area contributed by atoms with E-state index in [0.29, 0.717) is 5.92 Å². The van der Waals surface area contributed by atoms with E-state index in [0.717, 1.165) is 6.61 Å². The van der Waals surface area contributed by atoms with Gasteiger partial charge in [-0.05, 0) is 41.9 Å². The van der Waals surface area contributed by atoms with Crippen molar-refractivity contribution in [2.45, 2.75) is 51.0 Å². The summed E-state index contributed by atoms with van der Waals surface area (Å²) in [5, 5.41) is 0. The monoisotopic (exact) mass is 216 g/mol. The van der Waals surface area contributed by atoms with Crippen LogP contribution in [-0.4, -0.2) is 6.61 Å². The van der Waals surface area contributed by atoms with Gasteiger partial charge in [-0.15, -0.1) is 0 Å². The van der Waals surface area contributed by atoms with Crippen LogP contribution in [0.4, 0.5) is 0 Å². The molecule has 3 rings (SSSR count). The first kappa shape index (κ1) is 10.3. The summed E-state index contributed by atoms with van der Waals surface area (Å²) in [7, 11) is 0. The van der Waals surface area contributed by atoms with Crippen LogP contribution < -0.4 is 0 Å². The third-order valence-electron chi connectivity index (χ3n) is 4.20. The van der Waals surface area contributed by atoms with E-state index < -0.39 is 0 Å². The molecule has 1 fully saturated rings. The highest BCUT2D eigenvalue weighted by molar-refractivity contribution is 5.40. The van der Waals surface area contributed by atoms with Gasteiger partial charge in [-0.25, -0.2) is 0 Å². The van der Waals surface area contributed by atoms with Gasteiger partial charge in [0, 0.05) is 6.42 Å². The third kappa shape index (κ3) is 1.41. The fraction of sp³-hybridized carbons (Fsp3) is 0.600. The molecule has 1 aliphatic carbocycles. The van der Waals surface area contributed by atoms with Crippen molar-refractivity contribution in [2.75, 3.05) is 6.61 Å². The van der Waals surface area contributed by atoms with E-state index in [1.165, 1.54) is 42.4 Å². The zero-order chi connectivity index (χ0) is 11.2. The van der Waals surface area contributed by atoms with E-state index in [-0.39, 0.29) is 5.60 Å². The molecule has 0 N–H and O–H groups in total. The summed E-state index contributed by atoms with van der Waals surface area (Å²) in [5.74, 6) is 0.615. The Kier molecular flexibility index (Phi) is 2.32. The van der Waals surface area contributed by atoms with Gasteiger partial charge in [0.2, 0.25) is 0 Å². The average Bonchev–Trinajstić information content (AvgIpc) is 2.25. The van der Waals surface area contributed by atoms with Crippen molar-refractivity contribution in [3.8, 4) is 0 Å². The number of benzene rings is 1. The van der Waals surface area contributed by atoms with E-state index in [9.17, 15) is 0 Å². The zero-order valence-electron chi connectivity index (χ0n) is 10.3. The summed E-state index contributed by atoms with van der Waals surface area (Å²) in [6, 6.07) is 7.02. The molecule has 1 aliphatic heterocycles. The van der Waals surface area contributed by atoms with Gasteiger partial charge >= 0.3 is 0 Å². The van der Waals surface area contributed by atoms with Gasteiger partial charge in [-0.2, -0.15) is 0 Å². The van der Waals surface area contributed by atoms with E-state index in [1.54, 1.807) is 0 Å². The molecular formula is C15H20O. The van der Waals surface area contributed by atoms with Crippen LogP contribution in [0.5, 0.6) is 0 Å². The molecular weight excluding hydrogens is 196 g/mol. The SMILES string of the molecule is CC(C)c1ccc2c(c1)C1(CCC2)CCO1. The molecule has 86 valence electrons. The highest BCUT2D eigenvalue weighted by atomic mass is 16.5. The van der Waals surface area contributed by atoms with Crippen molar-refractivity contribution < 1.29 is 4.74 Å². The summed E-state index contributed by atoms with van der Waals surface area (Å²) < 4.78 is 5.92. The Morgan fingerprint density at radius 3 is 2.69 bits per heavy atom. The molecule has 1 saturated heterocycles. The fourth-order valence-corrected chi connectivity index (χ4v) is 3.05. The Hall–Kier alpha value is -0.820. The molecule has 0 bridgehead atoms. The molecule has 1 heteroatoms. The predicted molar refractivity (Wildman–Crippen MR) is 65.7 cm³/mol. The summed E-state index contributed by atoms with van der Waals surface area (Å²) in [6.45, 7) is 5.48. The maximum absolute atomic E-state index is 5.92. The largest absolute Gasteiger partial charge is 0.370 e. The van der Waals surface area contributed by atoms with E-state index in [2.05, 4.69) is 32.0 Å². The van der Waals surface area contributed by atoms with Crippen molar-refractivity contribution in [3.05, 3.63) is 34.9 Å². The molecule has 0 saturated carbocycles.